The zero-order chi connectivity index (χ0) is 13.7. The summed E-state index contributed by atoms with van der Waals surface area (Å²) in [7, 11) is 0. The van der Waals surface area contributed by atoms with E-state index in [1.165, 1.54) is 48.7 Å². The molecule has 1 aromatic rings. The molecular weight excluding hydrogens is 252 g/mol. The summed E-state index contributed by atoms with van der Waals surface area (Å²) in [6, 6.07) is 5.79. The normalized spacial score (nSPS) is 19.7. The molecule has 1 N–H and O–H groups in total. The molecule has 0 bridgehead atoms. The molecule has 1 saturated heterocycles. The molecule has 1 aliphatic rings. The molecule has 0 saturated carbocycles. The predicted octanol–water partition coefficient (Wildman–Crippen LogP) is 3.84. The van der Waals surface area contributed by atoms with E-state index in [2.05, 4.69) is 43.1 Å². The first-order chi connectivity index (χ1) is 9.22. The third-order valence-electron chi connectivity index (χ3n) is 4.07. The first-order valence-corrected chi connectivity index (χ1v) is 8.61. The Hall–Kier alpha value is -0.380. The molecule has 0 aliphatic carbocycles. The zero-order valence-corrected chi connectivity index (χ0v) is 13.4. The summed E-state index contributed by atoms with van der Waals surface area (Å²) in [6.07, 6.45) is 5.04. The Morgan fingerprint density at radius 3 is 2.63 bits per heavy atom. The van der Waals surface area contributed by atoms with Crippen LogP contribution in [-0.4, -0.2) is 30.6 Å². The smallest absolute Gasteiger partial charge is 0.0388 e. The highest BCUT2D eigenvalue weighted by Gasteiger charge is 2.20. The Kier molecular flexibility index (Phi) is 5.86. The van der Waals surface area contributed by atoms with Gasteiger partial charge in [-0.2, -0.15) is 0 Å². The molecule has 1 fully saturated rings. The van der Waals surface area contributed by atoms with Crippen molar-refractivity contribution in [3.05, 3.63) is 21.9 Å². The third kappa shape index (κ3) is 4.30. The van der Waals surface area contributed by atoms with Gasteiger partial charge in [-0.05, 0) is 64.4 Å². The summed E-state index contributed by atoms with van der Waals surface area (Å²) in [5, 5.41) is 3.82. The Morgan fingerprint density at radius 1 is 1.32 bits per heavy atom. The van der Waals surface area contributed by atoms with E-state index < -0.39 is 0 Å². The van der Waals surface area contributed by atoms with Gasteiger partial charge in [0.25, 0.3) is 0 Å². The molecule has 2 rings (SSSR count). The minimum absolute atomic E-state index is 0.507. The highest BCUT2D eigenvalue weighted by Crippen LogP contribution is 2.25. The first-order valence-electron chi connectivity index (χ1n) is 7.80. The molecule has 0 radical (unpaired) electrons. The van der Waals surface area contributed by atoms with Gasteiger partial charge in [-0.15, -0.1) is 11.3 Å². The van der Waals surface area contributed by atoms with Crippen molar-refractivity contribution in [1.82, 2.24) is 10.2 Å². The number of likely N-dealkylation sites (tertiary alicyclic amines) is 1. The number of nitrogens with one attached hydrogen (secondary N) is 1. The lowest BCUT2D eigenvalue weighted by Gasteiger charge is -2.33. The zero-order valence-electron chi connectivity index (χ0n) is 12.6. The lowest BCUT2D eigenvalue weighted by molar-refractivity contribution is 0.193. The third-order valence-corrected chi connectivity index (χ3v) is 5.48. The number of nitrogens with zero attached hydrogens (tertiary/aromatic N) is 1. The van der Waals surface area contributed by atoms with Gasteiger partial charge in [0.15, 0.2) is 0 Å². The quantitative estimate of drug-likeness (QED) is 0.852. The van der Waals surface area contributed by atoms with Crippen LogP contribution in [0.2, 0.25) is 0 Å². The van der Waals surface area contributed by atoms with Crippen molar-refractivity contribution in [2.24, 2.45) is 0 Å². The van der Waals surface area contributed by atoms with Crippen LogP contribution in [0.4, 0.5) is 0 Å². The van der Waals surface area contributed by atoms with Crippen LogP contribution >= 0.6 is 11.3 Å². The number of aryl methyl sites for hydroxylation is 1. The van der Waals surface area contributed by atoms with Gasteiger partial charge < -0.3 is 10.2 Å². The van der Waals surface area contributed by atoms with Gasteiger partial charge in [-0.3, -0.25) is 0 Å². The second-order valence-corrected chi connectivity index (χ2v) is 6.86. The second kappa shape index (κ2) is 7.41. The van der Waals surface area contributed by atoms with Crippen LogP contribution in [0.25, 0.3) is 0 Å². The molecule has 0 spiro atoms. The maximum absolute atomic E-state index is 3.82. The van der Waals surface area contributed by atoms with E-state index in [4.69, 9.17) is 0 Å². The van der Waals surface area contributed by atoms with E-state index in [1.807, 2.05) is 11.3 Å². The van der Waals surface area contributed by atoms with Crippen molar-refractivity contribution < 1.29 is 0 Å². The van der Waals surface area contributed by atoms with Crippen LogP contribution in [0.5, 0.6) is 0 Å². The highest BCUT2D eigenvalue weighted by atomic mass is 32.1. The van der Waals surface area contributed by atoms with E-state index in [1.54, 1.807) is 0 Å². The Morgan fingerprint density at radius 2 is 2.05 bits per heavy atom. The molecule has 1 aliphatic heterocycles. The summed E-state index contributed by atoms with van der Waals surface area (Å²) in [6.45, 7) is 10.6. The highest BCUT2D eigenvalue weighted by molar-refractivity contribution is 7.12. The van der Waals surface area contributed by atoms with Crippen molar-refractivity contribution in [2.75, 3.05) is 19.6 Å². The average Bonchev–Trinajstić information content (AvgIpc) is 2.90. The van der Waals surface area contributed by atoms with Gasteiger partial charge in [0, 0.05) is 21.8 Å². The first kappa shape index (κ1) is 15.0. The van der Waals surface area contributed by atoms with E-state index in [0.717, 1.165) is 6.42 Å². The van der Waals surface area contributed by atoms with Crippen molar-refractivity contribution in [1.29, 1.82) is 0 Å². The van der Waals surface area contributed by atoms with E-state index in [9.17, 15) is 0 Å². The van der Waals surface area contributed by atoms with Crippen LogP contribution in [-0.2, 0) is 6.42 Å². The average molecular weight is 280 g/mol. The lowest BCUT2D eigenvalue weighted by Crippen LogP contribution is -2.43. The fourth-order valence-corrected chi connectivity index (χ4v) is 3.86. The maximum Gasteiger partial charge on any atom is 0.0388 e. The topological polar surface area (TPSA) is 15.3 Å². The Labute approximate surface area is 122 Å². The van der Waals surface area contributed by atoms with Gasteiger partial charge >= 0.3 is 0 Å². The number of piperidine rings is 1. The van der Waals surface area contributed by atoms with Gasteiger partial charge in [0.1, 0.15) is 0 Å². The summed E-state index contributed by atoms with van der Waals surface area (Å²) >= 11 is 1.97. The largest absolute Gasteiger partial charge is 0.307 e. The second-order valence-electron chi connectivity index (χ2n) is 5.66. The van der Waals surface area contributed by atoms with Gasteiger partial charge in [-0.1, -0.05) is 13.8 Å². The minimum Gasteiger partial charge on any atom is -0.307 e. The Balaban J connectivity index is 1.78. The van der Waals surface area contributed by atoms with E-state index in [-0.39, 0.29) is 0 Å². The summed E-state index contributed by atoms with van der Waals surface area (Å²) < 4.78 is 0. The molecule has 0 amide bonds. The fourth-order valence-electron chi connectivity index (χ4n) is 2.89. The van der Waals surface area contributed by atoms with Crippen LogP contribution < -0.4 is 5.32 Å². The van der Waals surface area contributed by atoms with Crippen molar-refractivity contribution in [2.45, 2.75) is 58.5 Å². The Bertz CT molecular complexity index is 367. The van der Waals surface area contributed by atoms with Gasteiger partial charge in [-0.25, -0.2) is 0 Å². The fraction of sp³-hybridized carbons (Fsp3) is 0.750. The molecule has 1 atom stereocenters. The molecule has 19 heavy (non-hydrogen) atoms. The van der Waals surface area contributed by atoms with Crippen LogP contribution in [0.1, 0.15) is 55.8 Å². The number of hydrogen-bond donors (Lipinski definition) is 1. The number of thiophene rings is 1. The molecule has 0 aromatic carbocycles. The molecule has 3 heteroatoms. The van der Waals surface area contributed by atoms with E-state index in [0.29, 0.717) is 12.1 Å². The van der Waals surface area contributed by atoms with Crippen molar-refractivity contribution >= 4 is 11.3 Å². The summed E-state index contributed by atoms with van der Waals surface area (Å²) in [4.78, 5) is 5.60. The molecule has 108 valence electrons. The van der Waals surface area contributed by atoms with Gasteiger partial charge in [0.2, 0.25) is 0 Å². The predicted molar refractivity (Wildman–Crippen MR) is 85.0 cm³/mol. The lowest BCUT2D eigenvalue weighted by atomic mass is 10.0. The van der Waals surface area contributed by atoms with Crippen LogP contribution in [0.3, 0.4) is 0 Å². The summed E-state index contributed by atoms with van der Waals surface area (Å²) in [5.74, 6) is 0. The number of hydrogen-bond acceptors (Lipinski definition) is 3. The molecule has 1 unspecified atom stereocenters. The minimum atomic E-state index is 0.507. The SMILES string of the molecule is CCCN1CCC(NC(C)c2ccc(CC)s2)CC1. The van der Waals surface area contributed by atoms with E-state index >= 15 is 0 Å². The molecule has 2 nitrogen and oxygen atoms in total. The monoisotopic (exact) mass is 280 g/mol. The standard InChI is InChI=1S/C16H28N2S/c1-4-10-18-11-8-14(9-12-18)17-13(3)16-7-6-15(5-2)19-16/h6-7,13-14,17H,4-5,8-12H2,1-3H3. The van der Waals surface area contributed by atoms with Crippen molar-refractivity contribution in [3.63, 3.8) is 0 Å². The number of rotatable bonds is 6. The van der Waals surface area contributed by atoms with Crippen LogP contribution in [0, 0.1) is 0 Å². The van der Waals surface area contributed by atoms with Crippen molar-refractivity contribution in [3.8, 4) is 0 Å². The van der Waals surface area contributed by atoms with Crippen LogP contribution in [0.15, 0.2) is 12.1 Å². The summed E-state index contributed by atoms with van der Waals surface area (Å²) in [5.41, 5.74) is 0. The maximum atomic E-state index is 3.82. The molecule has 2 heterocycles. The van der Waals surface area contributed by atoms with Gasteiger partial charge in [0.05, 0.1) is 0 Å². The molecule has 1 aromatic heterocycles. The molecular formula is C16H28N2S.